The van der Waals surface area contributed by atoms with E-state index in [0.29, 0.717) is 0 Å². The van der Waals surface area contributed by atoms with Crippen molar-refractivity contribution in [2.24, 2.45) is 0 Å². The highest BCUT2D eigenvalue weighted by Gasteiger charge is 2.01. The van der Waals surface area contributed by atoms with Crippen LogP contribution < -0.4 is 10.1 Å². The highest BCUT2D eigenvalue weighted by molar-refractivity contribution is 9.10. The summed E-state index contributed by atoms with van der Waals surface area (Å²) in [5.41, 5.74) is 1.24. The zero-order valence-electron chi connectivity index (χ0n) is 9.63. The van der Waals surface area contributed by atoms with E-state index in [1.807, 2.05) is 19.2 Å². The third-order valence-electron chi connectivity index (χ3n) is 2.19. The average molecular weight is 284 g/mol. The Morgan fingerprint density at radius 1 is 1.50 bits per heavy atom. The normalized spacial score (nSPS) is 10.1. The Balaban J connectivity index is 2.50. The third kappa shape index (κ3) is 4.37. The third-order valence-corrected chi connectivity index (χ3v) is 2.81. The first-order valence-electron chi connectivity index (χ1n) is 5.44. The molecule has 88 valence electrons. The van der Waals surface area contributed by atoms with Crippen molar-refractivity contribution in [3.05, 3.63) is 40.9 Å². The van der Waals surface area contributed by atoms with Crippen molar-refractivity contribution in [2.75, 3.05) is 13.7 Å². The molecular formula is C13H18BrNO. The minimum Gasteiger partial charge on any atom is -0.492 e. The van der Waals surface area contributed by atoms with Gasteiger partial charge < -0.3 is 10.1 Å². The Bertz CT molecular complexity index is 339. The van der Waals surface area contributed by atoms with E-state index in [9.17, 15) is 0 Å². The lowest BCUT2D eigenvalue weighted by Gasteiger charge is -2.09. The van der Waals surface area contributed by atoms with Crippen molar-refractivity contribution >= 4 is 15.9 Å². The summed E-state index contributed by atoms with van der Waals surface area (Å²) < 4.78 is 6.67. The van der Waals surface area contributed by atoms with Gasteiger partial charge in [0.05, 0.1) is 11.1 Å². The van der Waals surface area contributed by atoms with Gasteiger partial charge in [-0.1, -0.05) is 12.1 Å². The molecule has 0 heterocycles. The summed E-state index contributed by atoms with van der Waals surface area (Å²) in [4.78, 5) is 0. The second kappa shape index (κ2) is 7.47. The van der Waals surface area contributed by atoms with Crippen molar-refractivity contribution < 1.29 is 4.74 Å². The molecule has 0 spiro atoms. The molecule has 0 unspecified atom stereocenters. The van der Waals surface area contributed by atoms with Crippen molar-refractivity contribution in [2.45, 2.75) is 19.4 Å². The van der Waals surface area contributed by atoms with E-state index in [1.54, 1.807) is 0 Å². The standard InChI is InChI=1S/C13H18BrNO/c1-3-4-5-8-16-13-7-6-11(10-15-2)9-12(13)14/h3,6-7,9,15H,1,4-5,8,10H2,2H3. The summed E-state index contributed by atoms with van der Waals surface area (Å²) in [6.07, 6.45) is 3.91. The summed E-state index contributed by atoms with van der Waals surface area (Å²) in [7, 11) is 1.94. The zero-order chi connectivity index (χ0) is 11.8. The van der Waals surface area contributed by atoms with Gasteiger partial charge >= 0.3 is 0 Å². The first kappa shape index (κ1) is 13.3. The van der Waals surface area contributed by atoms with Gasteiger partial charge in [0.1, 0.15) is 5.75 Å². The Kier molecular flexibility index (Phi) is 6.19. The smallest absolute Gasteiger partial charge is 0.133 e. The van der Waals surface area contributed by atoms with E-state index in [2.05, 4.69) is 40.0 Å². The quantitative estimate of drug-likeness (QED) is 0.611. The molecule has 16 heavy (non-hydrogen) atoms. The van der Waals surface area contributed by atoms with Crippen molar-refractivity contribution in [1.29, 1.82) is 0 Å². The number of hydrogen-bond donors (Lipinski definition) is 1. The largest absolute Gasteiger partial charge is 0.492 e. The molecule has 0 aliphatic heterocycles. The number of allylic oxidation sites excluding steroid dienone is 1. The van der Waals surface area contributed by atoms with E-state index in [1.165, 1.54) is 5.56 Å². The summed E-state index contributed by atoms with van der Waals surface area (Å²) in [5.74, 6) is 0.906. The highest BCUT2D eigenvalue weighted by atomic mass is 79.9. The monoisotopic (exact) mass is 283 g/mol. The molecule has 0 radical (unpaired) electrons. The number of nitrogens with one attached hydrogen (secondary N) is 1. The van der Waals surface area contributed by atoms with Gasteiger partial charge in [0.25, 0.3) is 0 Å². The molecule has 2 nitrogen and oxygen atoms in total. The molecule has 0 bridgehead atoms. The molecule has 1 aromatic rings. The maximum atomic E-state index is 5.66. The number of ether oxygens (including phenoxy) is 1. The molecule has 0 saturated carbocycles. The maximum Gasteiger partial charge on any atom is 0.133 e. The second-order valence-electron chi connectivity index (χ2n) is 3.57. The number of benzene rings is 1. The predicted octanol–water partition coefficient (Wildman–Crippen LogP) is 3.51. The number of halogens is 1. The van der Waals surface area contributed by atoms with Crippen LogP contribution in [0, 0.1) is 0 Å². The van der Waals surface area contributed by atoms with E-state index in [4.69, 9.17) is 4.74 Å². The number of rotatable bonds is 7. The van der Waals surface area contributed by atoms with Crippen LogP contribution in [0.15, 0.2) is 35.3 Å². The van der Waals surface area contributed by atoms with Crippen LogP contribution in [0.2, 0.25) is 0 Å². The van der Waals surface area contributed by atoms with Crippen LogP contribution in [-0.2, 0) is 6.54 Å². The second-order valence-corrected chi connectivity index (χ2v) is 4.43. The molecule has 0 fully saturated rings. The lowest BCUT2D eigenvalue weighted by molar-refractivity contribution is 0.310. The molecule has 0 atom stereocenters. The lowest BCUT2D eigenvalue weighted by Crippen LogP contribution is -2.05. The first-order chi connectivity index (χ1) is 7.77. The van der Waals surface area contributed by atoms with Gasteiger partial charge in [-0.2, -0.15) is 0 Å². The minimum atomic E-state index is 0.732. The molecule has 1 N–H and O–H groups in total. The summed E-state index contributed by atoms with van der Waals surface area (Å²) >= 11 is 3.51. The Morgan fingerprint density at radius 3 is 2.94 bits per heavy atom. The van der Waals surface area contributed by atoms with E-state index in [-0.39, 0.29) is 0 Å². The topological polar surface area (TPSA) is 21.3 Å². The fourth-order valence-corrected chi connectivity index (χ4v) is 1.93. The molecule has 1 aromatic carbocycles. The zero-order valence-corrected chi connectivity index (χ0v) is 11.2. The van der Waals surface area contributed by atoms with Crippen LogP contribution in [-0.4, -0.2) is 13.7 Å². The van der Waals surface area contributed by atoms with Gasteiger partial charge in [-0.15, -0.1) is 6.58 Å². The predicted molar refractivity (Wildman–Crippen MR) is 71.8 cm³/mol. The summed E-state index contributed by atoms with van der Waals surface area (Å²) in [6, 6.07) is 6.16. The number of hydrogen-bond acceptors (Lipinski definition) is 2. The van der Waals surface area contributed by atoms with Crippen LogP contribution in [0.4, 0.5) is 0 Å². The van der Waals surface area contributed by atoms with E-state index < -0.39 is 0 Å². The van der Waals surface area contributed by atoms with Gasteiger partial charge in [0, 0.05) is 6.54 Å². The Labute approximate surface area is 106 Å². The Morgan fingerprint density at radius 2 is 2.31 bits per heavy atom. The fourth-order valence-electron chi connectivity index (χ4n) is 1.39. The van der Waals surface area contributed by atoms with Crippen LogP contribution in [0.5, 0.6) is 5.75 Å². The van der Waals surface area contributed by atoms with Crippen LogP contribution in [0.1, 0.15) is 18.4 Å². The van der Waals surface area contributed by atoms with Gasteiger partial charge in [-0.25, -0.2) is 0 Å². The van der Waals surface area contributed by atoms with Crippen molar-refractivity contribution in [3.8, 4) is 5.75 Å². The van der Waals surface area contributed by atoms with Gasteiger partial charge in [-0.3, -0.25) is 0 Å². The number of unbranched alkanes of at least 4 members (excludes halogenated alkanes) is 1. The van der Waals surface area contributed by atoms with Crippen LogP contribution in [0.3, 0.4) is 0 Å². The van der Waals surface area contributed by atoms with Gasteiger partial charge in [0.15, 0.2) is 0 Å². The summed E-state index contributed by atoms with van der Waals surface area (Å²) in [5, 5.41) is 3.12. The molecular weight excluding hydrogens is 266 g/mol. The van der Waals surface area contributed by atoms with E-state index >= 15 is 0 Å². The van der Waals surface area contributed by atoms with Gasteiger partial charge in [-0.05, 0) is 53.5 Å². The molecule has 3 heteroatoms. The maximum absolute atomic E-state index is 5.66. The van der Waals surface area contributed by atoms with E-state index in [0.717, 1.165) is 36.2 Å². The van der Waals surface area contributed by atoms with Crippen molar-refractivity contribution in [3.63, 3.8) is 0 Å². The first-order valence-corrected chi connectivity index (χ1v) is 6.24. The Hall–Kier alpha value is -0.800. The molecule has 0 aliphatic carbocycles. The SMILES string of the molecule is C=CCCCOc1ccc(CNC)cc1Br. The van der Waals surface area contributed by atoms with Crippen LogP contribution >= 0.6 is 15.9 Å². The average Bonchev–Trinajstić information content (AvgIpc) is 2.27. The highest BCUT2D eigenvalue weighted by Crippen LogP contribution is 2.26. The van der Waals surface area contributed by atoms with Crippen LogP contribution in [0.25, 0.3) is 0 Å². The molecule has 1 rings (SSSR count). The molecule has 0 aliphatic rings. The lowest BCUT2D eigenvalue weighted by atomic mass is 10.2. The summed E-state index contributed by atoms with van der Waals surface area (Å²) in [6.45, 7) is 5.29. The van der Waals surface area contributed by atoms with Crippen molar-refractivity contribution in [1.82, 2.24) is 5.32 Å². The molecule has 0 aromatic heterocycles. The molecule has 0 amide bonds. The molecule has 0 saturated heterocycles. The fraction of sp³-hybridized carbons (Fsp3) is 0.385. The minimum absolute atomic E-state index is 0.732. The van der Waals surface area contributed by atoms with Gasteiger partial charge in [0.2, 0.25) is 0 Å².